The van der Waals surface area contributed by atoms with E-state index in [1.807, 2.05) is 61.6 Å². The molecule has 0 fully saturated rings. The van der Waals surface area contributed by atoms with Crippen LogP contribution in [0.3, 0.4) is 0 Å². The summed E-state index contributed by atoms with van der Waals surface area (Å²) >= 11 is 1.54. The molecule has 2 amide bonds. The van der Waals surface area contributed by atoms with Gasteiger partial charge >= 0.3 is 5.97 Å². The normalized spacial score (nSPS) is 12.5. The van der Waals surface area contributed by atoms with E-state index in [0.29, 0.717) is 33.4 Å². The summed E-state index contributed by atoms with van der Waals surface area (Å²) in [6, 6.07) is 23.8. The van der Waals surface area contributed by atoms with E-state index in [2.05, 4.69) is 40.8 Å². The summed E-state index contributed by atoms with van der Waals surface area (Å²) in [6.07, 6.45) is 8.77. The van der Waals surface area contributed by atoms with Crippen LogP contribution >= 0.6 is 11.3 Å². The number of hydrogen-bond donors (Lipinski definition) is 3. The molecular weight excluding hydrogens is 657 g/mol. The summed E-state index contributed by atoms with van der Waals surface area (Å²) in [4.78, 5) is 43.1. The monoisotopic (exact) mass is 708 g/mol. The zero-order valence-corrected chi connectivity index (χ0v) is 31.3. The van der Waals surface area contributed by atoms with Crippen LogP contribution < -0.4 is 16.0 Å². The highest BCUT2D eigenvalue weighted by molar-refractivity contribution is 7.17. The molecule has 3 aromatic carbocycles. The molecule has 9 heteroatoms. The summed E-state index contributed by atoms with van der Waals surface area (Å²) in [6.45, 7) is 7.25. The van der Waals surface area contributed by atoms with Crippen molar-refractivity contribution in [2.24, 2.45) is 0 Å². The number of nitrogens with one attached hydrogen (secondary N) is 3. The average molecular weight is 709 g/mol. The molecular formula is C42H52N4O4S. The highest BCUT2D eigenvalue weighted by Crippen LogP contribution is 2.39. The number of rotatable bonds is 17. The van der Waals surface area contributed by atoms with Crippen LogP contribution in [0.15, 0.2) is 72.8 Å². The van der Waals surface area contributed by atoms with Crippen LogP contribution in [0, 0.1) is 0 Å². The van der Waals surface area contributed by atoms with E-state index in [4.69, 9.17) is 4.74 Å². The van der Waals surface area contributed by atoms with Crippen molar-refractivity contribution in [1.29, 1.82) is 0 Å². The third-order valence-corrected chi connectivity index (χ3v) is 11.0. The number of methoxy groups -OCH3 is 1. The van der Waals surface area contributed by atoms with Gasteiger partial charge in [0.25, 0.3) is 11.8 Å². The molecule has 0 saturated carbocycles. The second-order valence-corrected chi connectivity index (χ2v) is 14.4. The first-order valence-corrected chi connectivity index (χ1v) is 19.2. The zero-order valence-electron chi connectivity index (χ0n) is 30.5. The number of aryl methyl sites for hydroxylation is 3. The lowest BCUT2D eigenvalue weighted by molar-refractivity contribution is 0.0600. The fourth-order valence-electron chi connectivity index (χ4n) is 6.93. The lowest BCUT2D eigenvalue weighted by Gasteiger charge is -2.30. The van der Waals surface area contributed by atoms with Crippen LogP contribution in [0.4, 0.5) is 10.7 Å². The molecule has 4 aromatic rings. The fourth-order valence-corrected chi connectivity index (χ4v) is 8.21. The third-order valence-electron chi connectivity index (χ3n) is 9.82. The van der Waals surface area contributed by atoms with E-state index in [-0.39, 0.29) is 17.8 Å². The van der Waals surface area contributed by atoms with Crippen LogP contribution in [0.25, 0.3) is 0 Å². The highest BCUT2D eigenvalue weighted by Gasteiger charge is 2.27. The summed E-state index contributed by atoms with van der Waals surface area (Å²) in [7, 11) is 3.37. The van der Waals surface area contributed by atoms with Gasteiger partial charge in [0.05, 0.1) is 18.2 Å². The Hall–Kier alpha value is -4.31. The fraction of sp³-hybridized carbons (Fsp3) is 0.405. The van der Waals surface area contributed by atoms with Gasteiger partial charge in [-0.15, -0.1) is 11.3 Å². The molecule has 0 aliphatic heterocycles. The maximum Gasteiger partial charge on any atom is 0.337 e. The summed E-state index contributed by atoms with van der Waals surface area (Å²) in [5.74, 6) is -0.731. The van der Waals surface area contributed by atoms with Gasteiger partial charge in [0.2, 0.25) is 0 Å². The number of amides is 2. The Bertz CT molecular complexity index is 1760. The van der Waals surface area contributed by atoms with Crippen molar-refractivity contribution < 1.29 is 19.1 Å². The number of hydrogen-bond acceptors (Lipinski definition) is 7. The molecule has 51 heavy (non-hydrogen) atoms. The van der Waals surface area contributed by atoms with Crippen LogP contribution in [-0.4, -0.2) is 56.0 Å². The van der Waals surface area contributed by atoms with Crippen molar-refractivity contribution in [3.63, 3.8) is 0 Å². The number of fused-ring (bicyclic) bond motifs is 1. The predicted octanol–water partition coefficient (Wildman–Crippen LogP) is 8.30. The number of nitrogens with zero attached hydrogens (tertiary/aromatic N) is 1. The van der Waals surface area contributed by atoms with Gasteiger partial charge < -0.3 is 20.7 Å². The smallest absolute Gasteiger partial charge is 0.337 e. The second kappa shape index (κ2) is 18.8. The summed E-state index contributed by atoms with van der Waals surface area (Å²) in [5, 5.41) is 10.1. The Morgan fingerprint density at radius 1 is 0.824 bits per heavy atom. The van der Waals surface area contributed by atoms with E-state index in [9.17, 15) is 14.4 Å². The topological polar surface area (TPSA) is 99.8 Å². The molecule has 0 spiro atoms. The molecule has 0 radical (unpaired) electrons. The van der Waals surface area contributed by atoms with E-state index in [0.717, 1.165) is 99.7 Å². The van der Waals surface area contributed by atoms with Crippen molar-refractivity contribution in [2.45, 2.75) is 84.2 Å². The second-order valence-electron chi connectivity index (χ2n) is 13.3. The van der Waals surface area contributed by atoms with Gasteiger partial charge in [-0.3, -0.25) is 14.5 Å². The first-order valence-electron chi connectivity index (χ1n) is 18.3. The van der Waals surface area contributed by atoms with Crippen LogP contribution in [0.1, 0.15) is 104 Å². The third kappa shape index (κ3) is 10.2. The maximum absolute atomic E-state index is 13.9. The quantitative estimate of drug-likeness (QED) is 0.0754. The first kappa shape index (κ1) is 37.9. The lowest BCUT2D eigenvalue weighted by atomic mass is 9.95. The molecule has 1 heterocycles. The van der Waals surface area contributed by atoms with E-state index in [1.54, 1.807) is 12.1 Å². The SMILES string of the molecule is CCC(CC)N(CCCNC)Cc1cccc(C(=O)Nc2sc3c(c2C(=O)Nc2ccc(CCc4ccc(C(=O)OC)cc4)cc2)CCCC3)c1. The average Bonchev–Trinajstić information content (AvgIpc) is 3.53. The Balaban J connectivity index is 1.26. The van der Waals surface area contributed by atoms with E-state index in [1.165, 1.54) is 23.3 Å². The minimum Gasteiger partial charge on any atom is -0.465 e. The molecule has 0 unspecified atom stereocenters. The van der Waals surface area contributed by atoms with Gasteiger partial charge in [0.15, 0.2) is 0 Å². The molecule has 0 atom stereocenters. The van der Waals surface area contributed by atoms with Gasteiger partial charge in [-0.1, -0.05) is 50.2 Å². The molecule has 1 aliphatic carbocycles. The van der Waals surface area contributed by atoms with E-state index < -0.39 is 0 Å². The van der Waals surface area contributed by atoms with Crippen LogP contribution in [-0.2, 0) is 37.0 Å². The van der Waals surface area contributed by atoms with Gasteiger partial charge in [-0.05, 0) is 137 Å². The number of esters is 1. The number of carbonyl (C=O) groups excluding carboxylic acids is 3. The van der Waals surface area contributed by atoms with Crippen LogP contribution in [0.2, 0.25) is 0 Å². The van der Waals surface area contributed by atoms with Gasteiger partial charge in [-0.2, -0.15) is 0 Å². The van der Waals surface area contributed by atoms with E-state index >= 15 is 0 Å². The minimum atomic E-state index is -0.340. The molecule has 3 N–H and O–H groups in total. The van der Waals surface area contributed by atoms with Gasteiger partial charge in [0, 0.05) is 28.7 Å². The zero-order chi connectivity index (χ0) is 36.2. The lowest BCUT2D eigenvalue weighted by Crippen LogP contribution is -2.35. The van der Waals surface area contributed by atoms with Gasteiger partial charge in [-0.25, -0.2) is 4.79 Å². The van der Waals surface area contributed by atoms with Crippen molar-refractivity contribution >= 4 is 39.8 Å². The Morgan fingerprint density at radius 3 is 2.18 bits per heavy atom. The van der Waals surface area contributed by atoms with Crippen molar-refractivity contribution in [3.8, 4) is 0 Å². The van der Waals surface area contributed by atoms with Crippen molar-refractivity contribution in [2.75, 3.05) is 37.9 Å². The molecule has 0 saturated heterocycles. The van der Waals surface area contributed by atoms with Crippen LogP contribution in [0.5, 0.6) is 0 Å². The molecule has 1 aromatic heterocycles. The summed E-state index contributed by atoms with van der Waals surface area (Å²) in [5.41, 5.74) is 6.89. The number of benzene rings is 3. The number of carbonyl (C=O) groups is 3. The predicted molar refractivity (Wildman–Crippen MR) is 208 cm³/mol. The number of thiophene rings is 1. The largest absolute Gasteiger partial charge is 0.465 e. The maximum atomic E-state index is 13.9. The minimum absolute atomic E-state index is 0.195. The molecule has 0 bridgehead atoms. The number of ether oxygens (including phenoxy) is 1. The van der Waals surface area contributed by atoms with Crippen molar-refractivity contribution in [3.05, 3.63) is 117 Å². The van der Waals surface area contributed by atoms with Gasteiger partial charge in [0.1, 0.15) is 5.00 Å². The summed E-state index contributed by atoms with van der Waals surface area (Å²) < 4.78 is 4.79. The highest BCUT2D eigenvalue weighted by atomic mass is 32.1. The molecule has 1 aliphatic rings. The molecule has 8 nitrogen and oxygen atoms in total. The Kier molecular flexibility index (Phi) is 14.0. The molecule has 5 rings (SSSR count). The van der Waals surface area contributed by atoms with Crippen molar-refractivity contribution in [1.82, 2.24) is 10.2 Å². The molecule has 270 valence electrons. The standard InChI is InChI=1S/C42H52N4O4S/c1-5-35(6-2)46(26-10-25-43-3)28-31-11-9-12-33(27-31)39(47)45-41-38(36-13-7-8-14-37(36)51-41)40(48)44-34-23-19-30(20-24-34)16-15-29-17-21-32(22-18-29)42(49)50-4/h9,11-12,17-24,27,35,43H,5-8,10,13-16,25-26,28H2,1-4H3,(H,44,48)(H,45,47). The number of anilines is 2. The first-order chi connectivity index (χ1) is 24.8. The Labute approximate surface area is 307 Å². The Morgan fingerprint density at radius 2 is 1.51 bits per heavy atom.